The van der Waals surface area contributed by atoms with Gasteiger partial charge in [-0.3, -0.25) is 4.79 Å². The average molecular weight is 453 g/mol. The van der Waals surface area contributed by atoms with Gasteiger partial charge in [-0.25, -0.2) is 0 Å². The van der Waals surface area contributed by atoms with Gasteiger partial charge in [-0.15, -0.1) is 0 Å². The van der Waals surface area contributed by atoms with Gasteiger partial charge in [0.15, 0.2) is 0 Å². The molecule has 0 aliphatic heterocycles. The van der Waals surface area contributed by atoms with Crippen molar-refractivity contribution < 1.29 is 19.0 Å². The van der Waals surface area contributed by atoms with E-state index in [1.807, 2.05) is 7.11 Å². The maximum atomic E-state index is 13.2. The molecule has 2 fully saturated rings. The van der Waals surface area contributed by atoms with Crippen LogP contribution in [0, 0.1) is 41.4 Å². The van der Waals surface area contributed by atoms with Gasteiger partial charge < -0.3 is 14.2 Å². The predicted molar refractivity (Wildman–Crippen MR) is 132 cm³/mol. The lowest BCUT2D eigenvalue weighted by Crippen LogP contribution is -2.41. The van der Waals surface area contributed by atoms with E-state index in [4.69, 9.17) is 14.2 Å². The van der Waals surface area contributed by atoms with Gasteiger partial charge in [0.1, 0.15) is 0 Å². The summed E-state index contributed by atoms with van der Waals surface area (Å²) >= 11 is 0. The molecule has 2 aliphatic rings. The maximum Gasteiger partial charge on any atom is 0.308 e. The molecular weight excluding hydrogens is 400 g/mol. The molecule has 0 amide bonds. The minimum Gasteiger partial charge on any atom is -0.465 e. The molecular formula is C28H52O4. The highest BCUT2D eigenvalue weighted by Gasteiger charge is 2.40. The highest BCUT2D eigenvalue weighted by atomic mass is 16.5. The molecule has 0 N–H and O–H groups in total. The molecule has 0 aromatic carbocycles. The van der Waals surface area contributed by atoms with Crippen molar-refractivity contribution in [1.29, 1.82) is 0 Å². The van der Waals surface area contributed by atoms with Crippen LogP contribution in [0.15, 0.2) is 0 Å². The van der Waals surface area contributed by atoms with Crippen LogP contribution < -0.4 is 0 Å². The first-order valence-corrected chi connectivity index (χ1v) is 13.6. The summed E-state index contributed by atoms with van der Waals surface area (Å²) in [5, 5.41) is 0. The van der Waals surface area contributed by atoms with Crippen molar-refractivity contribution in [3.63, 3.8) is 0 Å². The van der Waals surface area contributed by atoms with E-state index in [9.17, 15) is 4.79 Å². The quantitative estimate of drug-likeness (QED) is 0.302. The first-order valence-electron chi connectivity index (χ1n) is 13.6. The van der Waals surface area contributed by atoms with Crippen molar-refractivity contribution >= 4 is 5.97 Å². The van der Waals surface area contributed by atoms with Crippen LogP contribution in [0.3, 0.4) is 0 Å². The fraction of sp³-hybridized carbons (Fsp3) is 0.964. The van der Waals surface area contributed by atoms with Crippen LogP contribution in [-0.2, 0) is 19.0 Å². The number of carbonyl (C=O) groups is 1. The summed E-state index contributed by atoms with van der Waals surface area (Å²) in [6.07, 6.45) is 11.0. The van der Waals surface area contributed by atoms with Gasteiger partial charge in [0.2, 0.25) is 0 Å². The van der Waals surface area contributed by atoms with Crippen LogP contribution in [-0.4, -0.2) is 38.5 Å². The highest BCUT2D eigenvalue weighted by Crippen LogP contribution is 2.41. The van der Waals surface area contributed by atoms with Crippen LogP contribution in [0.5, 0.6) is 0 Å². The zero-order valence-corrected chi connectivity index (χ0v) is 22.1. The Bertz CT molecular complexity index is 530. The number of carbonyl (C=O) groups excluding carboxylic acids is 1. The van der Waals surface area contributed by atoms with Crippen molar-refractivity contribution in [3.05, 3.63) is 0 Å². The normalized spacial score (nSPS) is 31.0. The standard InChI is InChI=1S/C28H52O4/c1-8-31-27-14-10-13-25(26(27)16-20(4)5)21(6)28(29)32-18-23(15-19(2)3)22-11-9-12-24(17-22)30-7/h19-27H,8-18H2,1-7H3. The Morgan fingerprint density at radius 3 is 2.31 bits per heavy atom. The van der Waals surface area contributed by atoms with Gasteiger partial charge in [0.05, 0.1) is 24.7 Å². The topological polar surface area (TPSA) is 44.8 Å². The zero-order chi connectivity index (χ0) is 23.7. The Hall–Kier alpha value is -0.610. The molecule has 188 valence electrons. The van der Waals surface area contributed by atoms with Gasteiger partial charge in [-0.1, -0.05) is 47.5 Å². The minimum atomic E-state index is -0.0558. The van der Waals surface area contributed by atoms with E-state index >= 15 is 0 Å². The summed E-state index contributed by atoms with van der Waals surface area (Å²) in [5.41, 5.74) is 0. The van der Waals surface area contributed by atoms with E-state index < -0.39 is 0 Å². The van der Waals surface area contributed by atoms with Crippen LogP contribution in [0.25, 0.3) is 0 Å². The molecule has 2 rings (SSSR count). The number of methoxy groups -OCH3 is 1. The molecule has 0 spiro atoms. The second kappa shape index (κ2) is 13.9. The molecule has 4 nitrogen and oxygen atoms in total. The number of esters is 1. The summed E-state index contributed by atoms with van der Waals surface area (Å²) in [4.78, 5) is 13.2. The third kappa shape index (κ3) is 8.31. The van der Waals surface area contributed by atoms with Crippen molar-refractivity contribution in [2.24, 2.45) is 41.4 Å². The van der Waals surface area contributed by atoms with E-state index in [0.717, 1.165) is 51.6 Å². The van der Waals surface area contributed by atoms with Crippen molar-refractivity contribution in [2.45, 2.75) is 112 Å². The average Bonchev–Trinajstić information content (AvgIpc) is 2.76. The Labute approximate surface area is 198 Å². The molecule has 0 heterocycles. The summed E-state index contributed by atoms with van der Waals surface area (Å²) in [6.45, 7) is 14.6. The monoisotopic (exact) mass is 452 g/mol. The molecule has 2 aliphatic carbocycles. The van der Waals surface area contributed by atoms with Gasteiger partial charge in [0.25, 0.3) is 0 Å². The lowest BCUT2D eigenvalue weighted by Gasteiger charge is -2.41. The first kappa shape index (κ1) is 27.6. The number of ether oxygens (including phenoxy) is 3. The Balaban J connectivity index is 2.01. The SMILES string of the molecule is CCOC1CCCC(C(C)C(=O)OCC(CC(C)C)C2CCCC(OC)C2)C1CC(C)C. The molecule has 0 aromatic rings. The van der Waals surface area contributed by atoms with Gasteiger partial charge >= 0.3 is 5.97 Å². The molecule has 7 atom stereocenters. The second-order valence-electron chi connectivity index (χ2n) is 11.5. The van der Waals surface area contributed by atoms with E-state index in [1.165, 1.54) is 12.8 Å². The first-order chi connectivity index (χ1) is 15.3. The van der Waals surface area contributed by atoms with Gasteiger partial charge in [-0.05, 0) is 87.4 Å². The molecule has 4 heteroatoms. The van der Waals surface area contributed by atoms with E-state index in [2.05, 4.69) is 41.5 Å². The third-order valence-electron chi connectivity index (χ3n) is 8.07. The van der Waals surface area contributed by atoms with Gasteiger partial charge in [-0.2, -0.15) is 0 Å². The summed E-state index contributed by atoms with van der Waals surface area (Å²) in [5.74, 6) is 3.04. The van der Waals surface area contributed by atoms with Crippen LogP contribution in [0.2, 0.25) is 0 Å². The van der Waals surface area contributed by atoms with Crippen molar-refractivity contribution in [3.8, 4) is 0 Å². The van der Waals surface area contributed by atoms with Crippen molar-refractivity contribution in [2.75, 3.05) is 20.3 Å². The fourth-order valence-corrected chi connectivity index (χ4v) is 6.49. The summed E-state index contributed by atoms with van der Waals surface area (Å²) in [7, 11) is 1.83. The van der Waals surface area contributed by atoms with E-state index in [-0.39, 0.29) is 11.9 Å². The van der Waals surface area contributed by atoms with Crippen LogP contribution >= 0.6 is 0 Å². The molecule has 32 heavy (non-hydrogen) atoms. The van der Waals surface area contributed by atoms with Crippen molar-refractivity contribution in [1.82, 2.24) is 0 Å². The zero-order valence-electron chi connectivity index (χ0n) is 22.1. The molecule has 7 unspecified atom stereocenters. The Kier molecular flexibility index (Phi) is 12.0. The Morgan fingerprint density at radius 1 is 0.969 bits per heavy atom. The summed E-state index contributed by atoms with van der Waals surface area (Å²) in [6, 6.07) is 0. The summed E-state index contributed by atoms with van der Waals surface area (Å²) < 4.78 is 17.9. The maximum absolute atomic E-state index is 13.2. The largest absolute Gasteiger partial charge is 0.465 e. The second-order valence-corrected chi connectivity index (χ2v) is 11.5. The highest BCUT2D eigenvalue weighted by molar-refractivity contribution is 5.72. The molecule has 0 saturated heterocycles. The Morgan fingerprint density at radius 2 is 1.69 bits per heavy atom. The minimum absolute atomic E-state index is 0.00811. The predicted octanol–water partition coefficient (Wildman–Crippen LogP) is 6.90. The molecule has 0 bridgehead atoms. The van der Waals surface area contributed by atoms with Gasteiger partial charge in [0, 0.05) is 13.7 Å². The lowest BCUT2D eigenvalue weighted by atomic mass is 9.68. The lowest BCUT2D eigenvalue weighted by molar-refractivity contribution is -0.155. The number of hydrogen-bond acceptors (Lipinski definition) is 4. The number of hydrogen-bond donors (Lipinski definition) is 0. The molecule has 2 saturated carbocycles. The molecule has 0 radical (unpaired) electrons. The third-order valence-corrected chi connectivity index (χ3v) is 8.07. The van der Waals surface area contributed by atoms with E-state index in [1.54, 1.807) is 0 Å². The number of rotatable bonds is 12. The van der Waals surface area contributed by atoms with E-state index in [0.29, 0.717) is 54.3 Å². The molecule has 0 aromatic heterocycles. The fourth-order valence-electron chi connectivity index (χ4n) is 6.49. The van der Waals surface area contributed by atoms with Crippen LogP contribution in [0.4, 0.5) is 0 Å². The van der Waals surface area contributed by atoms with Crippen LogP contribution in [0.1, 0.15) is 99.3 Å². The smallest absolute Gasteiger partial charge is 0.308 e.